The quantitative estimate of drug-likeness (QED) is 0.403. The van der Waals surface area contributed by atoms with E-state index in [0.717, 1.165) is 16.7 Å². The molecule has 7 heteroatoms. The zero-order chi connectivity index (χ0) is 20.7. The van der Waals surface area contributed by atoms with Crippen molar-refractivity contribution in [1.29, 1.82) is 0 Å². The van der Waals surface area contributed by atoms with Gasteiger partial charge in [-0.1, -0.05) is 71.0 Å². The Morgan fingerprint density at radius 1 is 0.931 bits per heavy atom. The summed E-state index contributed by atoms with van der Waals surface area (Å²) in [5.74, 6) is -1.65. The summed E-state index contributed by atoms with van der Waals surface area (Å²) in [4.78, 5) is 27.2. The first-order valence-corrected chi connectivity index (χ1v) is 9.93. The van der Waals surface area contributed by atoms with Crippen LogP contribution in [0.3, 0.4) is 0 Å². The number of amides is 1. The van der Waals surface area contributed by atoms with Crippen molar-refractivity contribution in [3.8, 4) is 0 Å². The molecule has 0 bridgehead atoms. The lowest BCUT2D eigenvalue weighted by molar-refractivity contribution is -0.132. The van der Waals surface area contributed by atoms with Crippen LogP contribution in [0.2, 0.25) is 0 Å². The lowest BCUT2D eigenvalue weighted by atomic mass is 9.94. The molecular formula is C22H19N3O3S. The van der Waals surface area contributed by atoms with E-state index in [2.05, 4.69) is 10.2 Å². The number of carbonyl (C=O) groups is 2. The predicted molar refractivity (Wildman–Crippen MR) is 112 cm³/mol. The molecule has 6 nitrogen and oxygen atoms in total. The van der Waals surface area contributed by atoms with Gasteiger partial charge < -0.3 is 5.11 Å². The van der Waals surface area contributed by atoms with Crippen molar-refractivity contribution in [2.24, 2.45) is 0 Å². The number of benzene rings is 2. The Hall–Kier alpha value is -3.32. The predicted octanol–water partition coefficient (Wildman–Crippen LogP) is 4.09. The SMILES string of the molecule is Cc1ccc(/C(O)=C2/C(=O)C(=O)N(c3nnc(C)s3)C2c2ccc(C)cc2)cc1. The molecule has 2 aromatic carbocycles. The van der Waals surface area contributed by atoms with Gasteiger partial charge in [0.15, 0.2) is 0 Å². The molecule has 1 atom stereocenters. The molecule has 3 aromatic rings. The standard InChI is InChI=1S/C22H19N3O3S/c1-12-4-8-15(9-5-12)18-17(19(26)16-10-6-13(2)7-11-16)20(27)21(28)25(18)22-24-23-14(3)29-22/h4-11,18,26H,1-3H3/b19-17-. The minimum absolute atomic E-state index is 0.0514. The fraction of sp³-hybridized carbons (Fsp3) is 0.182. The Morgan fingerprint density at radius 3 is 2.07 bits per heavy atom. The summed E-state index contributed by atoms with van der Waals surface area (Å²) in [6.45, 7) is 5.68. The van der Waals surface area contributed by atoms with Crippen LogP contribution in [-0.2, 0) is 9.59 Å². The third-order valence-corrected chi connectivity index (χ3v) is 5.72. The van der Waals surface area contributed by atoms with Crippen molar-refractivity contribution in [3.63, 3.8) is 0 Å². The molecule has 0 saturated carbocycles. The van der Waals surface area contributed by atoms with Crippen LogP contribution in [0.1, 0.15) is 33.3 Å². The van der Waals surface area contributed by atoms with Crippen molar-refractivity contribution in [3.05, 3.63) is 81.4 Å². The number of Topliss-reactive ketones (excluding diaryl/α,β-unsaturated/α-hetero) is 1. The maximum atomic E-state index is 13.0. The highest BCUT2D eigenvalue weighted by Crippen LogP contribution is 2.42. The Balaban J connectivity index is 1.93. The molecule has 4 rings (SSSR count). The first-order chi connectivity index (χ1) is 13.9. The molecule has 1 fully saturated rings. The van der Waals surface area contributed by atoms with Gasteiger partial charge in [0.05, 0.1) is 11.6 Å². The van der Waals surface area contributed by atoms with Gasteiger partial charge in [-0.15, -0.1) is 10.2 Å². The number of aromatic nitrogens is 2. The fourth-order valence-electron chi connectivity index (χ4n) is 3.34. The van der Waals surface area contributed by atoms with Gasteiger partial charge in [-0.05, 0) is 26.3 Å². The molecule has 0 aliphatic carbocycles. The van der Waals surface area contributed by atoms with Gasteiger partial charge in [0, 0.05) is 5.56 Å². The molecule has 1 N–H and O–H groups in total. The van der Waals surface area contributed by atoms with E-state index in [-0.39, 0.29) is 11.3 Å². The number of nitrogens with zero attached hydrogens (tertiary/aromatic N) is 3. The van der Waals surface area contributed by atoms with Crippen LogP contribution in [0.5, 0.6) is 0 Å². The van der Waals surface area contributed by atoms with E-state index in [9.17, 15) is 14.7 Å². The highest BCUT2D eigenvalue weighted by atomic mass is 32.1. The maximum Gasteiger partial charge on any atom is 0.301 e. The highest BCUT2D eigenvalue weighted by Gasteiger charge is 2.48. The Bertz CT molecular complexity index is 1130. The smallest absolute Gasteiger partial charge is 0.301 e. The van der Waals surface area contributed by atoms with Crippen molar-refractivity contribution < 1.29 is 14.7 Å². The highest BCUT2D eigenvalue weighted by molar-refractivity contribution is 7.15. The number of hydrogen-bond acceptors (Lipinski definition) is 6. The van der Waals surface area contributed by atoms with E-state index in [0.29, 0.717) is 15.7 Å². The summed E-state index contributed by atoms with van der Waals surface area (Å²) < 4.78 is 0. The molecular weight excluding hydrogens is 386 g/mol. The number of anilines is 1. The normalized spacial score (nSPS) is 18.4. The van der Waals surface area contributed by atoms with Gasteiger partial charge in [0.1, 0.15) is 10.8 Å². The molecule has 29 heavy (non-hydrogen) atoms. The number of aliphatic hydroxyl groups is 1. The van der Waals surface area contributed by atoms with Gasteiger partial charge in [0.25, 0.3) is 5.78 Å². The van der Waals surface area contributed by atoms with Crippen LogP contribution in [0.4, 0.5) is 5.13 Å². The molecule has 1 aliphatic rings. The van der Waals surface area contributed by atoms with Crippen LogP contribution in [0.25, 0.3) is 5.76 Å². The lowest BCUT2D eigenvalue weighted by Gasteiger charge is -2.22. The number of rotatable bonds is 3. The molecule has 1 amide bonds. The first-order valence-electron chi connectivity index (χ1n) is 9.11. The second-order valence-electron chi connectivity index (χ2n) is 7.05. The second kappa shape index (κ2) is 7.25. The average molecular weight is 405 g/mol. The number of carbonyl (C=O) groups excluding carboxylic acids is 2. The number of aliphatic hydroxyl groups excluding tert-OH is 1. The van der Waals surface area contributed by atoms with Gasteiger partial charge in [-0.3, -0.25) is 14.5 Å². The molecule has 1 aliphatic heterocycles. The van der Waals surface area contributed by atoms with Crippen molar-refractivity contribution in [2.45, 2.75) is 26.8 Å². The van der Waals surface area contributed by atoms with E-state index < -0.39 is 17.7 Å². The molecule has 1 aromatic heterocycles. The minimum atomic E-state index is -0.774. The average Bonchev–Trinajstić information content (AvgIpc) is 3.24. The minimum Gasteiger partial charge on any atom is -0.507 e. The zero-order valence-corrected chi connectivity index (χ0v) is 17.0. The monoisotopic (exact) mass is 405 g/mol. The van der Waals surface area contributed by atoms with Crippen molar-refractivity contribution in [1.82, 2.24) is 10.2 Å². The van der Waals surface area contributed by atoms with E-state index >= 15 is 0 Å². The van der Waals surface area contributed by atoms with Crippen LogP contribution >= 0.6 is 11.3 Å². The van der Waals surface area contributed by atoms with Gasteiger partial charge in [-0.25, -0.2) is 0 Å². The maximum absolute atomic E-state index is 13.0. The third-order valence-electron chi connectivity index (χ3n) is 4.88. The fourth-order valence-corrected chi connectivity index (χ4v) is 4.06. The van der Waals surface area contributed by atoms with Gasteiger partial charge in [-0.2, -0.15) is 0 Å². The molecule has 0 spiro atoms. The van der Waals surface area contributed by atoms with E-state index in [1.807, 2.05) is 50.2 Å². The van der Waals surface area contributed by atoms with Gasteiger partial charge in [0.2, 0.25) is 5.13 Å². The van der Waals surface area contributed by atoms with Crippen molar-refractivity contribution >= 4 is 33.9 Å². The first kappa shape index (κ1) is 19.0. The van der Waals surface area contributed by atoms with Gasteiger partial charge >= 0.3 is 5.91 Å². The molecule has 1 unspecified atom stereocenters. The summed E-state index contributed by atoms with van der Waals surface area (Å²) in [5, 5.41) is 20.1. The van der Waals surface area contributed by atoms with Crippen molar-refractivity contribution in [2.75, 3.05) is 4.90 Å². The Labute approximate surface area is 172 Å². The summed E-state index contributed by atoms with van der Waals surface area (Å²) >= 11 is 1.23. The molecule has 1 saturated heterocycles. The summed E-state index contributed by atoms with van der Waals surface area (Å²) in [6.07, 6.45) is 0. The zero-order valence-electron chi connectivity index (χ0n) is 16.2. The van der Waals surface area contributed by atoms with E-state index in [4.69, 9.17) is 0 Å². The number of aryl methyl sites for hydroxylation is 3. The lowest BCUT2D eigenvalue weighted by Crippen LogP contribution is -2.29. The second-order valence-corrected chi connectivity index (χ2v) is 8.21. The van der Waals surface area contributed by atoms with E-state index in [1.165, 1.54) is 16.2 Å². The Kier molecular flexibility index (Phi) is 4.76. The summed E-state index contributed by atoms with van der Waals surface area (Å²) in [7, 11) is 0. The molecule has 2 heterocycles. The molecule has 146 valence electrons. The van der Waals surface area contributed by atoms with Crippen LogP contribution in [0, 0.1) is 20.8 Å². The van der Waals surface area contributed by atoms with Crippen LogP contribution < -0.4 is 4.90 Å². The van der Waals surface area contributed by atoms with Crippen LogP contribution in [-0.4, -0.2) is 27.0 Å². The topological polar surface area (TPSA) is 83.4 Å². The number of ketones is 1. The number of hydrogen-bond donors (Lipinski definition) is 1. The van der Waals surface area contributed by atoms with E-state index in [1.54, 1.807) is 19.1 Å². The third kappa shape index (κ3) is 3.34. The Morgan fingerprint density at radius 2 is 1.52 bits per heavy atom. The summed E-state index contributed by atoms with van der Waals surface area (Å²) in [6, 6.07) is 13.9. The molecule has 0 radical (unpaired) electrons. The van der Waals surface area contributed by atoms with Crippen LogP contribution in [0.15, 0.2) is 54.1 Å². The summed E-state index contributed by atoms with van der Waals surface area (Å²) in [5.41, 5.74) is 3.34. The largest absolute Gasteiger partial charge is 0.507 e.